The fourth-order valence-corrected chi connectivity index (χ4v) is 2.33. The second-order valence-corrected chi connectivity index (χ2v) is 5.01. The number of benzene rings is 1. The fraction of sp³-hybridized carbons (Fsp3) is 0.118. The van der Waals surface area contributed by atoms with Gasteiger partial charge in [-0.2, -0.15) is 5.26 Å². The van der Waals surface area contributed by atoms with Crippen molar-refractivity contribution >= 4 is 23.3 Å². The molecule has 0 amide bonds. The molecule has 9 nitrogen and oxygen atoms in total. The normalized spacial score (nSPS) is 13.0. The van der Waals surface area contributed by atoms with E-state index in [2.05, 4.69) is 9.47 Å². The Bertz CT molecular complexity index is 958. The molecule has 10 heteroatoms. The molecule has 27 heavy (non-hydrogen) atoms. The average Bonchev–Trinajstić information content (AvgIpc) is 2.89. The van der Waals surface area contributed by atoms with E-state index in [1.807, 2.05) is 0 Å². The topological polar surface area (TPSA) is 123 Å². The van der Waals surface area contributed by atoms with Gasteiger partial charge < -0.3 is 14.4 Å². The summed E-state index contributed by atoms with van der Waals surface area (Å²) in [4.78, 5) is 35.9. The Morgan fingerprint density at radius 3 is 2.44 bits per heavy atom. The first-order valence-corrected chi connectivity index (χ1v) is 7.28. The second kappa shape index (κ2) is 7.92. The quantitative estimate of drug-likeness (QED) is 0.447. The molecule has 0 fully saturated rings. The molecule has 1 heterocycles. The molecule has 0 N–H and O–H groups in total. The lowest BCUT2D eigenvalue weighted by atomic mass is 10.1. The van der Waals surface area contributed by atoms with Crippen LogP contribution in [0.3, 0.4) is 0 Å². The van der Waals surface area contributed by atoms with Crippen molar-refractivity contribution in [1.82, 2.24) is 0 Å². The van der Waals surface area contributed by atoms with Crippen molar-refractivity contribution in [2.24, 2.45) is 0 Å². The van der Waals surface area contributed by atoms with E-state index in [0.29, 0.717) is 0 Å². The molecule has 0 atom stereocenters. The lowest BCUT2D eigenvalue weighted by Crippen LogP contribution is -2.27. The number of hydrogen-bond donors (Lipinski definition) is 0. The predicted molar refractivity (Wildman–Crippen MR) is 89.6 cm³/mol. The molecule has 0 unspecified atom stereocenters. The zero-order valence-corrected chi connectivity index (χ0v) is 14.1. The Morgan fingerprint density at radius 1 is 1.22 bits per heavy atom. The van der Waals surface area contributed by atoms with Crippen LogP contribution in [0, 0.1) is 27.3 Å². The number of rotatable bonds is 4. The van der Waals surface area contributed by atoms with E-state index in [-0.39, 0.29) is 11.3 Å². The number of nitro benzene ring substituents is 1. The number of nitro groups is 1. The molecule has 0 spiro atoms. The highest BCUT2D eigenvalue weighted by molar-refractivity contribution is 6.05. The summed E-state index contributed by atoms with van der Waals surface area (Å²) in [5.74, 6) is -2.95. The van der Waals surface area contributed by atoms with Gasteiger partial charge in [-0.1, -0.05) is 6.08 Å². The first-order valence-electron chi connectivity index (χ1n) is 7.28. The van der Waals surface area contributed by atoms with Crippen LogP contribution in [0.4, 0.5) is 15.8 Å². The van der Waals surface area contributed by atoms with Crippen LogP contribution in [0.5, 0.6) is 0 Å². The maximum Gasteiger partial charge on any atom is 0.355 e. The Labute approximate surface area is 152 Å². The number of nitriles is 1. The molecule has 1 aliphatic heterocycles. The van der Waals surface area contributed by atoms with Crippen LogP contribution < -0.4 is 4.90 Å². The van der Waals surface area contributed by atoms with Crippen molar-refractivity contribution in [3.63, 3.8) is 0 Å². The van der Waals surface area contributed by atoms with Crippen molar-refractivity contribution in [3.05, 3.63) is 69.3 Å². The first kappa shape index (κ1) is 19.3. The number of allylic oxidation sites excluding steroid dienone is 2. The first-order chi connectivity index (χ1) is 12.8. The number of anilines is 1. The summed E-state index contributed by atoms with van der Waals surface area (Å²) in [5, 5.41) is 20.3. The van der Waals surface area contributed by atoms with Gasteiger partial charge in [-0.15, -0.1) is 0 Å². The van der Waals surface area contributed by atoms with Crippen molar-refractivity contribution < 1.29 is 28.4 Å². The number of methoxy groups -OCH3 is 2. The third-order valence-corrected chi connectivity index (χ3v) is 3.53. The van der Waals surface area contributed by atoms with Crippen LogP contribution in [0.1, 0.15) is 5.56 Å². The van der Waals surface area contributed by atoms with Gasteiger partial charge in [-0.3, -0.25) is 10.1 Å². The van der Waals surface area contributed by atoms with Crippen molar-refractivity contribution in [2.45, 2.75) is 0 Å². The highest BCUT2D eigenvalue weighted by Gasteiger charge is 2.32. The summed E-state index contributed by atoms with van der Waals surface area (Å²) in [5.41, 5.74) is -2.24. The van der Waals surface area contributed by atoms with E-state index in [4.69, 9.17) is 5.26 Å². The molecule has 0 aromatic heterocycles. The van der Waals surface area contributed by atoms with E-state index >= 15 is 0 Å². The monoisotopic (exact) mass is 373 g/mol. The van der Waals surface area contributed by atoms with Gasteiger partial charge in [-0.25, -0.2) is 14.0 Å². The lowest BCUT2D eigenvalue weighted by Gasteiger charge is -2.23. The smallest absolute Gasteiger partial charge is 0.355 e. The van der Waals surface area contributed by atoms with Gasteiger partial charge >= 0.3 is 11.9 Å². The van der Waals surface area contributed by atoms with Gasteiger partial charge in [-0.05, 0) is 12.2 Å². The van der Waals surface area contributed by atoms with Crippen molar-refractivity contribution in [3.8, 4) is 6.07 Å². The molecular weight excluding hydrogens is 361 g/mol. The summed E-state index contributed by atoms with van der Waals surface area (Å²) >= 11 is 0. The predicted octanol–water partition coefficient (Wildman–Crippen LogP) is 2.10. The molecule has 0 bridgehead atoms. The third-order valence-electron chi connectivity index (χ3n) is 3.53. The third kappa shape index (κ3) is 3.67. The lowest BCUT2D eigenvalue weighted by molar-refractivity contribution is -0.384. The van der Waals surface area contributed by atoms with Gasteiger partial charge in [0.15, 0.2) is 0 Å². The van der Waals surface area contributed by atoms with E-state index in [9.17, 15) is 24.1 Å². The van der Waals surface area contributed by atoms with Crippen LogP contribution in [0.25, 0.3) is 0 Å². The van der Waals surface area contributed by atoms with Gasteiger partial charge in [0.1, 0.15) is 23.3 Å². The number of carbonyl (C=O) groups excluding carboxylic acids is 2. The molecule has 1 aromatic carbocycles. The van der Waals surface area contributed by atoms with Gasteiger partial charge in [0, 0.05) is 18.3 Å². The van der Waals surface area contributed by atoms with Crippen LogP contribution in [-0.4, -0.2) is 31.1 Å². The van der Waals surface area contributed by atoms with E-state index in [0.717, 1.165) is 31.3 Å². The number of carbonyl (C=O) groups is 2. The SMILES string of the molecule is COC(=O)C1=C(C(=O)OC)N(c2cc(F)c(C#N)cc2[N+](=O)[O-])C=CC=C1. The summed E-state index contributed by atoms with van der Waals surface area (Å²) in [6, 6.07) is 2.97. The van der Waals surface area contributed by atoms with E-state index in [1.165, 1.54) is 30.5 Å². The number of hydrogen-bond acceptors (Lipinski definition) is 8. The van der Waals surface area contributed by atoms with Gasteiger partial charge in [0.2, 0.25) is 0 Å². The number of esters is 2. The fourth-order valence-electron chi connectivity index (χ4n) is 2.33. The van der Waals surface area contributed by atoms with Crippen molar-refractivity contribution in [1.29, 1.82) is 5.26 Å². The Hall–Kier alpha value is -4.00. The van der Waals surface area contributed by atoms with E-state index < -0.39 is 39.6 Å². The summed E-state index contributed by atoms with van der Waals surface area (Å²) in [7, 11) is 2.14. The molecule has 0 saturated heterocycles. The summed E-state index contributed by atoms with van der Waals surface area (Å²) < 4.78 is 23.4. The minimum Gasteiger partial charge on any atom is -0.465 e. The Kier molecular flexibility index (Phi) is 5.67. The average molecular weight is 373 g/mol. The zero-order chi connectivity index (χ0) is 20.1. The maximum atomic E-state index is 14.1. The Morgan fingerprint density at radius 2 is 1.89 bits per heavy atom. The minimum atomic E-state index is -1.03. The molecule has 138 valence electrons. The number of ether oxygens (including phenoxy) is 2. The number of halogens is 1. The molecule has 1 aromatic rings. The molecule has 0 saturated carbocycles. The molecule has 1 aliphatic rings. The molecular formula is C17H12FN3O6. The van der Waals surface area contributed by atoms with Crippen LogP contribution in [0.15, 0.2) is 47.8 Å². The zero-order valence-electron chi connectivity index (χ0n) is 14.1. The molecule has 0 radical (unpaired) electrons. The van der Waals surface area contributed by atoms with Crippen LogP contribution in [0.2, 0.25) is 0 Å². The van der Waals surface area contributed by atoms with Gasteiger partial charge in [0.05, 0.1) is 30.3 Å². The minimum absolute atomic E-state index is 0.256. The summed E-state index contributed by atoms with van der Waals surface area (Å²) in [6.45, 7) is 0. The highest BCUT2D eigenvalue weighted by Crippen LogP contribution is 2.35. The second-order valence-electron chi connectivity index (χ2n) is 5.01. The van der Waals surface area contributed by atoms with Crippen LogP contribution in [-0.2, 0) is 19.1 Å². The highest BCUT2D eigenvalue weighted by atomic mass is 19.1. The Balaban J connectivity index is 2.84. The summed E-state index contributed by atoms with van der Waals surface area (Å²) in [6.07, 6.45) is 5.23. The van der Waals surface area contributed by atoms with Gasteiger partial charge in [0.25, 0.3) is 5.69 Å². The number of nitrogens with zero attached hydrogens (tertiary/aromatic N) is 3. The molecule has 2 rings (SSSR count). The van der Waals surface area contributed by atoms with Crippen LogP contribution >= 0.6 is 0 Å². The molecule has 0 aliphatic carbocycles. The largest absolute Gasteiger partial charge is 0.465 e. The maximum absolute atomic E-state index is 14.1. The van der Waals surface area contributed by atoms with E-state index in [1.54, 1.807) is 0 Å². The van der Waals surface area contributed by atoms with Crippen molar-refractivity contribution in [2.75, 3.05) is 19.1 Å². The standard InChI is InChI=1S/C17H12FN3O6/c1-26-16(22)11-5-3-4-6-20(15(11)17(23)27-2)13-8-12(18)10(9-19)7-14(13)21(24)25/h3-8H,1-2H3.